The first-order valence-corrected chi connectivity index (χ1v) is 10.2. The van der Waals surface area contributed by atoms with Crippen LogP contribution in [0.4, 0.5) is 8.78 Å². The number of hydrogen-bond acceptors (Lipinski definition) is 5. The molecule has 10 heteroatoms. The van der Waals surface area contributed by atoms with Gasteiger partial charge in [-0.25, -0.2) is 8.78 Å². The highest BCUT2D eigenvalue weighted by Gasteiger charge is 2.31. The molecule has 0 unspecified atom stereocenters. The van der Waals surface area contributed by atoms with E-state index in [2.05, 4.69) is 21.0 Å². The third-order valence-corrected chi connectivity index (χ3v) is 5.39. The predicted molar refractivity (Wildman–Crippen MR) is 106 cm³/mol. The van der Waals surface area contributed by atoms with E-state index in [0.29, 0.717) is 16.5 Å². The Morgan fingerprint density at radius 1 is 1.03 bits per heavy atom. The Balaban J connectivity index is 1.38. The average molecular weight is 429 g/mol. The van der Waals surface area contributed by atoms with Crippen LogP contribution in [-0.4, -0.2) is 32.3 Å². The number of aromatic nitrogens is 3. The van der Waals surface area contributed by atoms with Gasteiger partial charge in [-0.1, -0.05) is 23.9 Å². The van der Waals surface area contributed by atoms with Crippen molar-refractivity contribution in [2.75, 3.05) is 5.75 Å². The van der Waals surface area contributed by atoms with Crippen molar-refractivity contribution in [2.24, 2.45) is 0 Å². The molecule has 0 radical (unpaired) electrons. The number of nitrogens with one attached hydrogen (secondary N) is 2. The number of nitrogens with zero attached hydrogens (tertiary/aromatic N) is 3. The first-order chi connectivity index (χ1) is 14.5. The predicted octanol–water partition coefficient (Wildman–Crippen LogP) is 3.11. The zero-order chi connectivity index (χ0) is 21.1. The summed E-state index contributed by atoms with van der Waals surface area (Å²) in [4.78, 5) is 24.1. The fourth-order valence-corrected chi connectivity index (χ4v) is 3.64. The van der Waals surface area contributed by atoms with Gasteiger partial charge in [-0.05, 0) is 49.2 Å². The van der Waals surface area contributed by atoms with E-state index in [0.717, 1.165) is 36.7 Å². The normalized spacial score (nSPS) is 13.1. The molecule has 0 bridgehead atoms. The van der Waals surface area contributed by atoms with Crippen molar-refractivity contribution in [1.29, 1.82) is 0 Å². The summed E-state index contributed by atoms with van der Waals surface area (Å²) in [5.74, 6) is -1.44. The molecule has 0 aliphatic heterocycles. The van der Waals surface area contributed by atoms with E-state index in [9.17, 15) is 18.4 Å². The van der Waals surface area contributed by atoms with Crippen LogP contribution < -0.4 is 10.9 Å². The van der Waals surface area contributed by atoms with E-state index in [1.165, 1.54) is 18.2 Å². The number of halogens is 2. The molecule has 4 rings (SSSR count). The molecule has 0 saturated heterocycles. The molecule has 1 aliphatic carbocycles. The maximum atomic E-state index is 14.2. The Kier molecular flexibility index (Phi) is 5.75. The van der Waals surface area contributed by atoms with Crippen molar-refractivity contribution in [2.45, 2.75) is 24.0 Å². The van der Waals surface area contributed by atoms with Crippen LogP contribution in [-0.2, 0) is 4.79 Å². The largest absolute Gasteiger partial charge is 0.299 e. The van der Waals surface area contributed by atoms with Crippen molar-refractivity contribution in [3.8, 4) is 11.4 Å². The molecule has 7 nitrogen and oxygen atoms in total. The molecule has 1 aromatic heterocycles. The first-order valence-electron chi connectivity index (χ1n) is 9.20. The van der Waals surface area contributed by atoms with Gasteiger partial charge < -0.3 is 0 Å². The molecule has 1 saturated carbocycles. The van der Waals surface area contributed by atoms with Gasteiger partial charge in [0.1, 0.15) is 11.6 Å². The minimum Gasteiger partial charge on any atom is -0.299 e. The molecule has 3 aromatic rings. The van der Waals surface area contributed by atoms with E-state index in [1.54, 1.807) is 18.2 Å². The zero-order valence-electron chi connectivity index (χ0n) is 15.6. The maximum absolute atomic E-state index is 14.2. The van der Waals surface area contributed by atoms with Crippen LogP contribution in [0, 0.1) is 11.6 Å². The summed E-state index contributed by atoms with van der Waals surface area (Å²) < 4.78 is 29.0. The second kappa shape index (κ2) is 8.62. The lowest BCUT2D eigenvalue weighted by molar-refractivity contribution is -0.119. The second-order valence-electron chi connectivity index (χ2n) is 6.69. The van der Waals surface area contributed by atoms with E-state index >= 15 is 0 Å². The minimum absolute atomic E-state index is 0.0220. The van der Waals surface area contributed by atoms with E-state index in [1.807, 2.05) is 4.57 Å². The molecular weight excluding hydrogens is 412 g/mol. The quantitative estimate of drug-likeness (QED) is 0.464. The van der Waals surface area contributed by atoms with Crippen molar-refractivity contribution in [1.82, 2.24) is 25.6 Å². The SMILES string of the molecule is O=C(CSc1nnc(-c2ccccc2F)n1C1CC1)NNC(=O)c1ccc(F)cc1. The number of carbonyl (C=O) groups is 2. The fraction of sp³-hybridized carbons (Fsp3) is 0.200. The first kappa shape index (κ1) is 20.0. The number of hydrazine groups is 1. The Hall–Kier alpha value is -3.27. The molecule has 1 fully saturated rings. The van der Waals surface area contributed by atoms with Gasteiger partial charge in [0.2, 0.25) is 5.91 Å². The molecule has 1 heterocycles. The summed E-state index contributed by atoms with van der Waals surface area (Å²) in [6, 6.07) is 11.5. The van der Waals surface area contributed by atoms with Crippen LogP contribution in [0.15, 0.2) is 53.7 Å². The van der Waals surface area contributed by atoms with Crippen molar-refractivity contribution < 1.29 is 18.4 Å². The number of benzene rings is 2. The molecular formula is C20H17F2N5O2S. The van der Waals surface area contributed by atoms with E-state index < -0.39 is 17.6 Å². The Morgan fingerprint density at radius 2 is 1.77 bits per heavy atom. The lowest BCUT2D eigenvalue weighted by Gasteiger charge is -2.10. The smallest absolute Gasteiger partial charge is 0.269 e. The molecule has 2 aromatic carbocycles. The second-order valence-corrected chi connectivity index (χ2v) is 7.63. The van der Waals surface area contributed by atoms with Crippen LogP contribution in [0.2, 0.25) is 0 Å². The molecule has 2 N–H and O–H groups in total. The fourth-order valence-electron chi connectivity index (χ4n) is 2.83. The summed E-state index contributed by atoms with van der Waals surface area (Å²) in [5, 5.41) is 8.76. The lowest BCUT2D eigenvalue weighted by Crippen LogP contribution is -2.42. The molecule has 0 atom stereocenters. The number of amides is 2. The van der Waals surface area contributed by atoms with Gasteiger partial charge in [0.15, 0.2) is 11.0 Å². The summed E-state index contributed by atoms with van der Waals surface area (Å²) in [5.41, 5.74) is 5.16. The average Bonchev–Trinajstić information content (AvgIpc) is 3.50. The van der Waals surface area contributed by atoms with Gasteiger partial charge in [0.25, 0.3) is 5.91 Å². The number of thioether (sulfide) groups is 1. The van der Waals surface area contributed by atoms with Gasteiger partial charge in [-0.3, -0.25) is 25.0 Å². The lowest BCUT2D eigenvalue weighted by atomic mass is 10.2. The summed E-state index contributed by atoms with van der Waals surface area (Å²) in [7, 11) is 0. The van der Waals surface area contributed by atoms with Crippen LogP contribution in [0.25, 0.3) is 11.4 Å². The number of carbonyl (C=O) groups excluding carboxylic acids is 2. The third kappa shape index (κ3) is 4.48. The standard InChI is InChI=1S/C20H17F2N5O2S/c21-13-7-5-12(6-8-13)19(29)25-23-17(28)11-30-20-26-24-18(27(20)14-9-10-14)15-3-1-2-4-16(15)22/h1-8,14H,9-11H2,(H,23,28)(H,25,29). The zero-order valence-corrected chi connectivity index (χ0v) is 16.5. The molecule has 30 heavy (non-hydrogen) atoms. The van der Waals surface area contributed by atoms with E-state index in [4.69, 9.17) is 0 Å². The summed E-state index contributed by atoms with van der Waals surface area (Å²) >= 11 is 1.15. The third-order valence-electron chi connectivity index (χ3n) is 4.45. The van der Waals surface area contributed by atoms with Gasteiger partial charge in [0.05, 0.1) is 11.3 Å². The number of hydrogen-bond donors (Lipinski definition) is 2. The van der Waals surface area contributed by atoms with Crippen molar-refractivity contribution >= 4 is 23.6 Å². The molecule has 154 valence electrons. The van der Waals surface area contributed by atoms with Gasteiger partial charge in [0, 0.05) is 11.6 Å². The highest BCUT2D eigenvalue weighted by molar-refractivity contribution is 7.99. The van der Waals surface area contributed by atoms with Crippen molar-refractivity contribution in [3.05, 3.63) is 65.7 Å². The van der Waals surface area contributed by atoms with Crippen LogP contribution in [0.1, 0.15) is 29.2 Å². The molecule has 1 aliphatic rings. The Labute approximate surface area is 174 Å². The Morgan fingerprint density at radius 3 is 2.47 bits per heavy atom. The number of rotatable bonds is 6. The molecule has 2 amide bonds. The van der Waals surface area contributed by atoms with Gasteiger partial charge in [-0.2, -0.15) is 0 Å². The van der Waals surface area contributed by atoms with Crippen LogP contribution in [0.5, 0.6) is 0 Å². The maximum Gasteiger partial charge on any atom is 0.269 e. The summed E-state index contributed by atoms with van der Waals surface area (Å²) in [6.07, 6.45) is 1.87. The van der Waals surface area contributed by atoms with Gasteiger partial charge in [-0.15, -0.1) is 10.2 Å². The highest BCUT2D eigenvalue weighted by atomic mass is 32.2. The Bertz CT molecular complexity index is 1080. The molecule has 0 spiro atoms. The van der Waals surface area contributed by atoms with Crippen LogP contribution >= 0.6 is 11.8 Å². The van der Waals surface area contributed by atoms with E-state index in [-0.39, 0.29) is 23.2 Å². The van der Waals surface area contributed by atoms with Crippen molar-refractivity contribution in [3.63, 3.8) is 0 Å². The topological polar surface area (TPSA) is 88.9 Å². The highest BCUT2D eigenvalue weighted by Crippen LogP contribution is 2.41. The van der Waals surface area contributed by atoms with Crippen LogP contribution in [0.3, 0.4) is 0 Å². The minimum atomic E-state index is -0.559. The summed E-state index contributed by atoms with van der Waals surface area (Å²) in [6.45, 7) is 0. The monoisotopic (exact) mass is 429 g/mol. The van der Waals surface area contributed by atoms with Gasteiger partial charge >= 0.3 is 0 Å².